The summed E-state index contributed by atoms with van der Waals surface area (Å²) in [7, 11) is -2.60. The Morgan fingerprint density at radius 2 is 1.89 bits per heavy atom. The summed E-state index contributed by atoms with van der Waals surface area (Å²) in [4.78, 5) is 15.4. The maximum atomic E-state index is 12.1. The largest absolute Gasteiger partial charge is 0.366 e. The van der Waals surface area contributed by atoms with Crippen molar-refractivity contribution in [1.29, 1.82) is 0 Å². The van der Waals surface area contributed by atoms with Crippen molar-refractivity contribution in [2.24, 2.45) is 5.73 Å². The molecule has 1 aromatic heterocycles. The first-order chi connectivity index (χ1) is 13.2. The number of primary amides is 1. The van der Waals surface area contributed by atoms with Gasteiger partial charge in [0.05, 0.1) is 15.8 Å². The van der Waals surface area contributed by atoms with Crippen molar-refractivity contribution in [3.8, 4) is 11.1 Å². The third-order valence-corrected chi connectivity index (χ3v) is 8.75. The molecule has 6 heteroatoms. The molecule has 1 saturated heterocycles. The number of aromatic amines is 1. The second-order valence-electron chi connectivity index (χ2n) is 8.24. The lowest BCUT2D eigenvalue weighted by atomic mass is 9.86. The van der Waals surface area contributed by atoms with Gasteiger partial charge < -0.3 is 10.7 Å². The molecule has 1 atom stereocenters. The Bertz CT molecular complexity index is 1040. The van der Waals surface area contributed by atoms with Gasteiger partial charge in [-0.3, -0.25) is 13.9 Å². The molecule has 148 valence electrons. The first-order valence-electron chi connectivity index (χ1n) is 9.45. The van der Waals surface area contributed by atoms with E-state index < -0.39 is 21.2 Å². The quantitative estimate of drug-likeness (QED) is 0.479. The highest BCUT2D eigenvalue weighted by molar-refractivity contribution is 8.25. The van der Waals surface area contributed by atoms with Crippen LogP contribution < -0.4 is 5.73 Å². The van der Waals surface area contributed by atoms with Gasteiger partial charge >= 0.3 is 0 Å². The van der Waals surface area contributed by atoms with Crippen molar-refractivity contribution in [2.45, 2.75) is 37.4 Å². The third-order valence-electron chi connectivity index (χ3n) is 6.01. The lowest BCUT2D eigenvalue weighted by Crippen LogP contribution is -2.36. The molecule has 28 heavy (non-hydrogen) atoms. The van der Waals surface area contributed by atoms with Crippen LogP contribution in [0.1, 0.15) is 48.5 Å². The van der Waals surface area contributed by atoms with Crippen LogP contribution in [0.25, 0.3) is 22.0 Å². The number of amides is 1. The number of aromatic nitrogens is 1. The zero-order valence-corrected chi connectivity index (χ0v) is 16.9. The number of nitrogens with two attached hydrogens (primary N) is 1. The smallest absolute Gasteiger partial charge is 0.250 e. The van der Waals surface area contributed by atoms with Gasteiger partial charge in [-0.1, -0.05) is 30.3 Å². The van der Waals surface area contributed by atoms with Crippen LogP contribution in [-0.2, 0) is 0 Å². The van der Waals surface area contributed by atoms with Crippen LogP contribution in [-0.4, -0.2) is 30.5 Å². The predicted molar refractivity (Wildman–Crippen MR) is 116 cm³/mol. The van der Waals surface area contributed by atoms with E-state index in [2.05, 4.69) is 11.1 Å². The van der Waals surface area contributed by atoms with Gasteiger partial charge in [0.15, 0.2) is 0 Å². The summed E-state index contributed by atoms with van der Waals surface area (Å²) in [6, 6.07) is 13.9. The van der Waals surface area contributed by atoms with Gasteiger partial charge in [0.1, 0.15) is 0 Å². The maximum Gasteiger partial charge on any atom is 0.250 e. The van der Waals surface area contributed by atoms with Gasteiger partial charge in [0.25, 0.3) is 5.91 Å². The Balaban J connectivity index is 1.85. The molecule has 0 radical (unpaired) electrons. The summed E-state index contributed by atoms with van der Waals surface area (Å²) in [5.41, 5.74) is 9.97. The van der Waals surface area contributed by atoms with E-state index in [1.807, 2.05) is 56.4 Å². The van der Waals surface area contributed by atoms with Crippen LogP contribution >= 0.6 is 10.6 Å². The lowest BCUT2D eigenvalue weighted by molar-refractivity contribution is 0.100. The average Bonchev–Trinajstić information content (AvgIpc) is 3.07. The summed E-state index contributed by atoms with van der Waals surface area (Å²) < 4.78 is 20.3. The van der Waals surface area contributed by atoms with Gasteiger partial charge in [-0.05, 0) is 61.4 Å². The van der Waals surface area contributed by atoms with E-state index >= 15 is 0 Å². The summed E-state index contributed by atoms with van der Waals surface area (Å²) in [5.74, 6) is 0.128. The normalized spacial score (nSPS) is 22.1. The zero-order valence-electron chi connectivity index (χ0n) is 16.1. The standard InChI is InChI=1S/C22H26N2O3S/c1-22(2)12-15(8-9-28(22,26)27)19-13-24-20-17(19)10-16(11-18(20)21(23)25)14-6-4-3-5-7-14/h3-7,10-11,13,15,24,26-27H,8-9,12H2,1-2H3,(H2,23,25). The molecule has 5 N–H and O–H groups in total. The van der Waals surface area contributed by atoms with E-state index in [-0.39, 0.29) is 5.92 Å². The van der Waals surface area contributed by atoms with Crippen LogP contribution in [0.15, 0.2) is 48.7 Å². The number of benzene rings is 2. The lowest BCUT2D eigenvalue weighted by Gasteiger charge is -2.52. The average molecular weight is 399 g/mol. The number of nitrogens with one attached hydrogen (secondary N) is 1. The molecular formula is C22H26N2O3S. The molecule has 0 bridgehead atoms. The van der Waals surface area contributed by atoms with Crippen molar-refractivity contribution < 1.29 is 13.9 Å². The summed E-state index contributed by atoms with van der Waals surface area (Å²) in [6.07, 6.45) is 3.34. The molecule has 1 fully saturated rings. The topological polar surface area (TPSA) is 99.3 Å². The van der Waals surface area contributed by atoms with E-state index in [1.54, 1.807) is 0 Å². The number of carbonyl (C=O) groups excluding carboxylic acids is 1. The number of carbonyl (C=O) groups is 1. The van der Waals surface area contributed by atoms with Crippen molar-refractivity contribution in [3.63, 3.8) is 0 Å². The molecule has 1 amide bonds. The monoisotopic (exact) mass is 398 g/mol. The van der Waals surface area contributed by atoms with Gasteiger partial charge in [0.2, 0.25) is 0 Å². The molecule has 4 rings (SSSR count). The first-order valence-corrected chi connectivity index (χ1v) is 11.2. The van der Waals surface area contributed by atoms with Crippen LogP contribution in [0.4, 0.5) is 0 Å². The predicted octanol–water partition coefficient (Wildman–Crippen LogP) is 5.34. The fourth-order valence-corrected chi connectivity index (χ4v) is 5.89. The molecule has 0 aliphatic carbocycles. The molecule has 5 nitrogen and oxygen atoms in total. The molecule has 1 aliphatic heterocycles. The Kier molecular flexibility index (Phi) is 4.53. The second kappa shape index (κ2) is 6.65. The fourth-order valence-electron chi connectivity index (χ4n) is 4.26. The SMILES string of the molecule is CC1(C)CC(c2c[nH]c3c(C(N)=O)cc(-c4ccccc4)cc23)CCS1(O)O. The molecule has 0 saturated carbocycles. The molecule has 1 unspecified atom stereocenters. The number of hydrogen-bond acceptors (Lipinski definition) is 3. The first kappa shape index (κ1) is 19.1. The molecule has 0 spiro atoms. The van der Waals surface area contributed by atoms with Gasteiger partial charge in [-0.15, -0.1) is 0 Å². The molecule has 2 aromatic carbocycles. The van der Waals surface area contributed by atoms with Crippen molar-refractivity contribution in [2.75, 3.05) is 5.75 Å². The van der Waals surface area contributed by atoms with E-state index in [0.29, 0.717) is 24.2 Å². The van der Waals surface area contributed by atoms with Crippen LogP contribution in [0.2, 0.25) is 0 Å². The fraction of sp³-hybridized carbons (Fsp3) is 0.318. The molecular weight excluding hydrogens is 372 g/mol. The number of rotatable bonds is 3. The Morgan fingerprint density at radius 3 is 2.54 bits per heavy atom. The van der Waals surface area contributed by atoms with E-state index in [0.717, 1.165) is 27.6 Å². The van der Waals surface area contributed by atoms with E-state index in [1.165, 1.54) is 0 Å². The Labute approximate surface area is 166 Å². The minimum Gasteiger partial charge on any atom is -0.366 e. The van der Waals surface area contributed by atoms with Crippen molar-refractivity contribution in [3.05, 3.63) is 59.8 Å². The number of hydrogen-bond donors (Lipinski definition) is 4. The maximum absolute atomic E-state index is 12.1. The van der Waals surface area contributed by atoms with Gasteiger partial charge in [0, 0.05) is 17.3 Å². The highest BCUT2D eigenvalue weighted by Crippen LogP contribution is 2.61. The molecule has 1 aliphatic rings. The van der Waals surface area contributed by atoms with Crippen LogP contribution in [0, 0.1) is 0 Å². The highest BCUT2D eigenvalue weighted by atomic mass is 32.3. The minimum atomic E-state index is -2.60. The second-order valence-corrected chi connectivity index (χ2v) is 11.1. The molecule has 2 heterocycles. The van der Waals surface area contributed by atoms with Crippen LogP contribution in [0.3, 0.4) is 0 Å². The zero-order chi connectivity index (χ0) is 20.1. The molecule has 3 aromatic rings. The highest BCUT2D eigenvalue weighted by Gasteiger charge is 2.41. The summed E-state index contributed by atoms with van der Waals surface area (Å²) >= 11 is 0. The van der Waals surface area contributed by atoms with Crippen LogP contribution in [0.5, 0.6) is 0 Å². The number of H-pyrrole nitrogens is 1. The Hall–Kier alpha value is -2.28. The summed E-state index contributed by atoms with van der Waals surface area (Å²) in [5, 5.41) is 0.981. The van der Waals surface area contributed by atoms with Crippen molar-refractivity contribution >= 4 is 27.4 Å². The summed E-state index contributed by atoms with van der Waals surface area (Å²) in [6.45, 7) is 3.85. The van der Waals surface area contributed by atoms with Gasteiger partial charge in [-0.25, -0.2) is 0 Å². The number of fused-ring (bicyclic) bond motifs is 1. The third kappa shape index (κ3) is 3.11. The minimum absolute atomic E-state index is 0.190. The Morgan fingerprint density at radius 1 is 1.18 bits per heavy atom. The van der Waals surface area contributed by atoms with Crippen molar-refractivity contribution in [1.82, 2.24) is 4.98 Å². The van der Waals surface area contributed by atoms with E-state index in [4.69, 9.17) is 5.73 Å². The van der Waals surface area contributed by atoms with E-state index in [9.17, 15) is 13.9 Å². The van der Waals surface area contributed by atoms with Gasteiger partial charge in [-0.2, -0.15) is 10.6 Å².